The maximum atomic E-state index is 11.4. The van der Waals surface area contributed by atoms with Crippen LogP contribution >= 0.6 is 0 Å². The van der Waals surface area contributed by atoms with E-state index in [1.165, 1.54) is 9.21 Å². The standard InChI is InChI=1S/C7H12N2O4S/c10-7(11)8-2-3-9-6(5-8)1-4-14(9,12)13/h6H,1-5H2,(H,10,11). The van der Waals surface area contributed by atoms with Gasteiger partial charge in [-0.05, 0) is 6.42 Å². The Morgan fingerprint density at radius 1 is 1.36 bits per heavy atom. The largest absolute Gasteiger partial charge is 0.465 e. The maximum Gasteiger partial charge on any atom is 0.407 e. The van der Waals surface area contributed by atoms with Gasteiger partial charge in [-0.2, -0.15) is 4.31 Å². The number of rotatable bonds is 0. The fraction of sp³-hybridized carbons (Fsp3) is 0.857. The maximum absolute atomic E-state index is 11.4. The first-order valence-electron chi connectivity index (χ1n) is 4.48. The zero-order valence-corrected chi connectivity index (χ0v) is 8.40. The Morgan fingerprint density at radius 3 is 2.71 bits per heavy atom. The third-order valence-corrected chi connectivity index (χ3v) is 4.71. The molecule has 0 bridgehead atoms. The van der Waals surface area contributed by atoms with E-state index in [0.717, 1.165) is 0 Å². The Balaban J connectivity index is 2.12. The molecule has 1 unspecified atom stereocenters. The lowest BCUT2D eigenvalue weighted by Gasteiger charge is -2.34. The van der Waals surface area contributed by atoms with Gasteiger partial charge in [0.25, 0.3) is 0 Å². The quantitative estimate of drug-likeness (QED) is 0.590. The van der Waals surface area contributed by atoms with Crippen molar-refractivity contribution in [2.24, 2.45) is 0 Å². The van der Waals surface area contributed by atoms with Crippen molar-refractivity contribution in [1.29, 1.82) is 0 Å². The number of carboxylic acid groups (broad SMARTS) is 1. The highest BCUT2D eigenvalue weighted by atomic mass is 32.2. The molecule has 2 saturated heterocycles. The fourth-order valence-electron chi connectivity index (χ4n) is 2.02. The SMILES string of the molecule is O=C(O)N1CCN2C(CCS2(=O)=O)C1. The smallest absolute Gasteiger partial charge is 0.407 e. The molecular formula is C7H12N2O4S. The van der Waals surface area contributed by atoms with Gasteiger partial charge in [-0.3, -0.25) is 0 Å². The number of hydrogen-bond acceptors (Lipinski definition) is 3. The lowest BCUT2D eigenvalue weighted by atomic mass is 10.2. The molecule has 1 amide bonds. The third kappa shape index (κ3) is 1.46. The van der Waals surface area contributed by atoms with Crippen LogP contribution in [0.25, 0.3) is 0 Å². The predicted octanol–water partition coefficient (Wildman–Crippen LogP) is -0.616. The summed E-state index contributed by atoms with van der Waals surface area (Å²) >= 11 is 0. The van der Waals surface area contributed by atoms with Crippen LogP contribution in [0.3, 0.4) is 0 Å². The number of nitrogens with zero attached hydrogens (tertiary/aromatic N) is 2. The van der Waals surface area contributed by atoms with Gasteiger partial charge in [-0.15, -0.1) is 0 Å². The van der Waals surface area contributed by atoms with Crippen molar-refractivity contribution in [1.82, 2.24) is 9.21 Å². The summed E-state index contributed by atoms with van der Waals surface area (Å²) in [5, 5.41) is 8.75. The van der Waals surface area contributed by atoms with Crippen LogP contribution in [0.5, 0.6) is 0 Å². The Bertz CT molecular complexity index is 353. The third-order valence-electron chi connectivity index (χ3n) is 2.77. The average Bonchev–Trinajstić information content (AvgIpc) is 2.42. The molecule has 1 atom stereocenters. The molecule has 1 N–H and O–H groups in total. The Hall–Kier alpha value is -0.820. The van der Waals surface area contributed by atoms with Gasteiger partial charge in [0.15, 0.2) is 0 Å². The van der Waals surface area contributed by atoms with Crippen LogP contribution < -0.4 is 0 Å². The van der Waals surface area contributed by atoms with E-state index in [4.69, 9.17) is 5.11 Å². The summed E-state index contributed by atoms with van der Waals surface area (Å²) in [6.07, 6.45) is -0.416. The van der Waals surface area contributed by atoms with Crippen LogP contribution in [0, 0.1) is 0 Å². The minimum absolute atomic E-state index is 0.134. The van der Waals surface area contributed by atoms with E-state index in [9.17, 15) is 13.2 Å². The number of fused-ring (bicyclic) bond motifs is 1. The van der Waals surface area contributed by atoms with E-state index in [2.05, 4.69) is 0 Å². The first kappa shape index (κ1) is 9.72. The van der Waals surface area contributed by atoms with Crippen molar-refractivity contribution in [3.8, 4) is 0 Å². The molecule has 2 fully saturated rings. The molecule has 2 aliphatic heterocycles. The highest BCUT2D eigenvalue weighted by molar-refractivity contribution is 7.89. The molecule has 2 heterocycles. The van der Waals surface area contributed by atoms with Gasteiger partial charge in [-0.25, -0.2) is 13.2 Å². The molecule has 2 aliphatic rings. The van der Waals surface area contributed by atoms with Gasteiger partial charge in [0, 0.05) is 25.7 Å². The monoisotopic (exact) mass is 220 g/mol. The van der Waals surface area contributed by atoms with E-state index in [1.807, 2.05) is 0 Å². The van der Waals surface area contributed by atoms with Gasteiger partial charge < -0.3 is 10.0 Å². The van der Waals surface area contributed by atoms with Crippen LogP contribution in [0.2, 0.25) is 0 Å². The number of amides is 1. The normalized spacial score (nSPS) is 31.4. The van der Waals surface area contributed by atoms with Crippen LogP contribution in [-0.2, 0) is 10.0 Å². The van der Waals surface area contributed by atoms with Crippen LogP contribution in [0.4, 0.5) is 4.79 Å². The molecule has 2 rings (SSSR count). The molecule has 80 valence electrons. The van der Waals surface area contributed by atoms with Crippen molar-refractivity contribution >= 4 is 16.1 Å². The summed E-state index contributed by atoms with van der Waals surface area (Å²) in [5.74, 6) is 0.158. The predicted molar refractivity (Wildman–Crippen MR) is 48.5 cm³/mol. The molecule has 7 heteroatoms. The van der Waals surface area contributed by atoms with Gasteiger partial charge in [0.05, 0.1) is 5.75 Å². The molecule has 14 heavy (non-hydrogen) atoms. The van der Waals surface area contributed by atoms with Crippen LogP contribution in [-0.4, -0.2) is 60.3 Å². The van der Waals surface area contributed by atoms with Gasteiger partial charge >= 0.3 is 6.09 Å². The second kappa shape index (κ2) is 3.09. The van der Waals surface area contributed by atoms with Crippen molar-refractivity contribution in [2.45, 2.75) is 12.5 Å². The zero-order chi connectivity index (χ0) is 10.3. The highest BCUT2D eigenvalue weighted by Gasteiger charge is 2.41. The Kier molecular flexibility index (Phi) is 2.15. The lowest BCUT2D eigenvalue weighted by Crippen LogP contribution is -2.52. The second-order valence-electron chi connectivity index (χ2n) is 3.60. The van der Waals surface area contributed by atoms with Crippen molar-refractivity contribution in [2.75, 3.05) is 25.4 Å². The molecular weight excluding hydrogens is 208 g/mol. The summed E-state index contributed by atoms with van der Waals surface area (Å²) < 4.78 is 24.3. The summed E-state index contributed by atoms with van der Waals surface area (Å²) in [6, 6.07) is -0.134. The molecule has 6 nitrogen and oxygen atoms in total. The Morgan fingerprint density at radius 2 is 2.07 bits per heavy atom. The minimum atomic E-state index is -3.08. The summed E-state index contributed by atoms with van der Waals surface area (Å²) in [6.45, 7) is 0.902. The molecule has 0 aliphatic carbocycles. The second-order valence-corrected chi connectivity index (χ2v) is 5.64. The summed E-state index contributed by atoms with van der Waals surface area (Å²) in [7, 11) is -3.08. The molecule has 0 aromatic carbocycles. The first-order chi connectivity index (χ1) is 6.50. The molecule has 0 radical (unpaired) electrons. The Labute approximate surface area is 82.2 Å². The van der Waals surface area contributed by atoms with E-state index in [1.54, 1.807) is 0 Å². The van der Waals surface area contributed by atoms with E-state index in [0.29, 0.717) is 19.5 Å². The van der Waals surface area contributed by atoms with E-state index >= 15 is 0 Å². The average molecular weight is 220 g/mol. The summed E-state index contributed by atoms with van der Waals surface area (Å²) in [4.78, 5) is 11.9. The van der Waals surface area contributed by atoms with Crippen LogP contribution in [0.1, 0.15) is 6.42 Å². The molecule has 0 spiro atoms. The van der Waals surface area contributed by atoms with Gasteiger partial charge in [-0.1, -0.05) is 0 Å². The van der Waals surface area contributed by atoms with Crippen molar-refractivity contribution < 1.29 is 18.3 Å². The first-order valence-corrected chi connectivity index (χ1v) is 6.09. The molecule has 0 saturated carbocycles. The summed E-state index contributed by atoms with van der Waals surface area (Å²) in [5.41, 5.74) is 0. The van der Waals surface area contributed by atoms with E-state index < -0.39 is 16.1 Å². The fourth-order valence-corrected chi connectivity index (χ4v) is 3.81. The zero-order valence-electron chi connectivity index (χ0n) is 7.59. The van der Waals surface area contributed by atoms with Crippen molar-refractivity contribution in [3.05, 3.63) is 0 Å². The van der Waals surface area contributed by atoms with Gasteiger partial charge in [0.1, 0.15) is 0 Å². The van der Waals surface area contributed by atoms with Gasteiger partial charge in [0.2, 0.25) is 10.0 Å². The topological polar surface area (TPSA) is 77.9 Å². The lowest BCUT2D eigenvalue weighted by molar-refractivity contribution is 0.109. The number of hydrogen-bond donors (Lipinski definition) is 1. The highest BCUT2D eigenvalue weighted by Crippen LogP contribution is 2.24. The molecule has 0 aromatic heterocycles. The minimum Gasteiger partial charge on any atom is -0.465 e. The van der Waals surface area contributed by atoms with E-state index in [-0.39, 0.29) is 18.3 Å². The number of carbonyl (C=O) groups is 1. The number of piperazine rings is 1. The molecule has 0 aromatic rings. The number of sulfonamides is 1. The van der Waals surface area contributed by atoms with Crippen LogP contribution in [0.15, 0.2) is 0 Å². The van der Waals surface area contributed by atoms with Crippen molar-refractivity contribution in [3.63, 3.8) is 0 Å².